The van der Waals surface area contributed by atoms with E-state index in [0.29, 0.717) is 29.3 Å². The van der Waals surface area contributed by atoms with Gasteiger partial charge in [0.15, 0.2) is 0 Å². The molecular weight excluding hydrogens is 604 g/mol. The number of rotatable bonds is 7. The smallest absolute Gasteiger partial charge is 0.238 e. The van der Waals surface area contributed by atoms with Gasteiger partial charge in [-0.3, -0.25) is 29.0 Å². The van der Waals surface area contributed by atoms with Crippen LogP contribution >= 0.6 is 0 Å². The van der Waals surface area contributed by atoms with Gasteiger partial charge in [0.25, 0.3) is 0 Å². The van der Waals surface area contributed by atoms with Crippen LogP contribution in [0.15, 0.2) is 109 Å². The predicted octanol–water partition coefficient (Wildman–Crippen LogP) is 6.27. The minimum atomic E-state index is -1.15. The lowest BCUT2D eigenvalue weighted by Gasteiger charge is -2.58. The molecule has 1 saturated carbocycles. The maximum atomic E-state index is 14.9. The van der Waals surface area contributed by atoms with E-state index < -0.39 is 35.0 Å². The topological polar surface area (TPSA) is 93.2 Å². The Balaban J connectivity index is 1.40. The van der Waals surface area contributed by atoms with Crippen molar-refractivity contribution in [1.29, 1.82) is 0 Å². The summed E-state index contributed by atoms with van der Waals surface area (Å²) in [6.45, 7) is 1.98. The molecule has 6 atom stereocenters. The van der Waals surface area contributed by atoms with E-state index in [1.54, 1.807) is 62.8 Å². The normalized spacial score (nSPS) is 27.4. The van der Waals surface area contributed by atoms with Gasteiger partial charge in [-0.2, -0.15) is 0 Å². The van der Waals surface area contributed by atoms with Gasteiger partial charge in [-0.15, -0.1) is 0 Å². The summed E-state index contributed by atoms with van der Waals surface area (Å²) in [5.74, 6) is -4.27. The Labute approximate surface area is 278 Å². The van der Waals surface area contributed by atoms with Crippen LogP contribution in [0.2, 0.25) is 0 Å². The van der Waals surface area contributed by atoms with Gasteiger partial charge < -0.3 is 9.47 Å². The van der Waals surface area contributed by atoms with Crippen molar-refractivity contribution in [2.45, 2.75) is 13.3 Å². The second kappa shape index (κ2) is 11.0. The lowest BCUT2D eigenvalue weighted by atomic mass is 9.40. The molecule has 8 nitrogen and oxygen atoms in total. The number of ether oxygens (including phenoxy) is 2. The summed E-state index contributed by atoms with van der Waals surface area (Å²) < 4.78 is 10.7. The SMILES string of the molecule is CCC12C(c3ccccc3)=C(c3ccccc3)C([C@H]3C(=O)N(c4ccc(OC)cc4)C(=O)[C@@H]31)[C@@H]1C(=O)N(c3ccc(OC)cc3)C(=O)[C@@H]12. The summed E-state index contributed by atoms with van der Waals surface area (Å²) in [7, 11) is 3.12. The van der Waals surface area contributed by atoms with Crippen LogP contribution in [0.4, 0.5) is 11.4 Å². The van der Waals surface area contributed by atoms with Gasteiger partial charge >= 0.3 is 0 Å². The molecule has 2 bridgehead atoms. The molecule has 3 aliphatic carbocycles. The Bertz CT molecular complexity index is 1900. The maximum absolute atomic E-state index is 14.9. The average Bonchev–Trinajstić information content (AvgIpc) is 3.57. The highest BCUT2D eigenvalue weighted by molar-refractivity contribution is 6.29. The Morgan fingerprint density at radius 3 is 1.35 bits per heavy atom. The van der Waals surface area contributed by atoms with Crippen LogP contribution < -0.4 is 19.3 Å². The molecule has 4 amide bonds. The van der Waals surface area contributed by atoms with E-state index in [0.717, 1.165) is 22.3 Å². The first-order valence-corrected chi connectivity index (χ1v) is 16.3. The molecular formula is C40H34N2O6. The van der Waals surface area contributed by atoms with Crippen LogP contribution in [0.25, 0.3) is 11.1 Å². The van der Waals surface area contributed by atoms with Crippen LogP contribution in [-0.2, 0) is 19.2 Å². The lowest BCUT2D eigenvalue weighted by molar-refractivity contribution is -0.145. The van der Waals surface area contributed by atoms with Crippen molar-refractivity contribution in [2.24, 2.45) is 35.0 Å². The Morgan fingerprint density at radius 1 is 0.542 bits per heavy atom. The van der Waals surface area contributed by atoms with E-state index in [-0.39, 0.29) is 23.6 Å². The number of hydrogen-bond donors (Lipinski definition) is 0. The third-order valence-electron chi connectivity index (χ3n) is 11.0. The molecule has 48 heavy (non-hydrogen) atoms. The third-order valence-corrected chi connectivity index (χ3v) is 11.0. The largest absolute Gasteiger partial charge is 0.497 e. The number of carbonyl (C=O) groups is 4. The number of anilines is 2. The molecule has 9 rings (SSSR count). The Kier molecular flexibility index (Phi) is 6.87. The highest BCUT2D eigenvalue weighted by atomic mass is 16.5. The first-order valence-electron chi connectivity index (χ1n) is 16.3. The number of carbonyl (C=O) groups excluding carboxylic acids is 4. The van der Waals surface area contributed by atoms with Gasteiger partial charge in [-0.25, -0.2) is 0 Å². The number of allylic oxidation sites excluding steroid dienone is 2. The second-order valence-corrected chi connectivity index (χ2v) is 12.9. The lowest BCUT2D eigenvalue weighted by Crippen LogP contribution is -2.60. The van der Waals surface area contributed by atoms with Gasteiger partial charge in [0.1, 0.15) is 11.5 Å². The zero-order valence-corrected chi connectivity index (χ0v) is 26.8. The summed E-state index contributed by atoms with van der Waals surface area (Å²) in [5.41, 5.74) is 3.22. The van der Waals surface area contributed by atoms with E-state index in [9.17, 15) is 19.2 Å². The fourth-order valence-corrected chi connectivity index (χ4v) is 9.27. The van der Waals surface area contributed by atoms with Crippen molar-refractivity contribution < 1.29 is 28.7 Å². The zero-order valence-electron chi connectivity index (χ0n) is 26.8. The molecule has 0 N–H and O–H groups in total. The molecule has 0 aromatic heterocycles. The number of nitrogens with zero attached hydrogens (tertiary/aromatic N) is 2. The number of hydrogen-bond acceptors (Lipinski definition) is 6. The Morgan fingerprint density at radius 2 is 0.958 bits per heavy atom. The van der Waals surface area contributed by atoms with E-state index in [1.165, 1.54) is 9.80 Å². The number of amides is 4. The molecule has 8 heteroatoms. The van der Waals surface area contributed by atoms with Crippen LogP contribution in [0, 0.1) is 35.0 Å². The van der Waals surface area contributed by atoms with Crippen LogP contribution in [0.3, 0.4) is 0 Å². The van der Waals surface area contributed by atoms with Gasteiger partial charge in [-0.05, 0) is 77.2 Å². The summed E-state index contributed by atoms with van der Waals surface area (Å²) in [6, 6.07) is 33.4. The van der Waals surface area contributed by atoms with Gasteiger partial charge in [0.2, 0.25) is 23.6 Å². The molecule has 0 spiro atoms. The predicted molar refractivity (Wildman–Crippen MR) is 181 cm³/mol. The standard InChI is InChI=1S/C40H34N2O6/c1-4-40-33(24-13-9-6-10-14-24)29(23-11-7-5-8-12-23)30(31-34(40)38(45)41(36(31)43)25-15-19-27(47-2)20-16-25)32-35(40)39(46)42(37(32)44)26-17-21-28(48-3)22-18-26/h5-22,30-32,34-35H,4H2,1-3H3/t30?,31-,32+,34-,35-,40?/m1/s1. The molecule has 2 saturated heterocycles. The highest BCUT2D eigenvalue weighted by Gasteiger charge is 2.77. The van der Waals surface area contributed by atoms with Gasteiger partial charge in [0, 0.05) is 11.3 Å². The molecule has 2 heterocycles. The monoisotopic (exact) mass is 638 g/mol. The van der Waals surface area contributed by atoms with Crippen LogP contribution in [0.1, 0.15) is 24.5 Å². The van der Waals surface area contributed by atoms with E-state index in [2.05, 4.69) is 0 Å². The van der Waals surface area contributed by atoms with Crippen molar-refractivity contribution in [1.82, 2.24) is 0 Å². The second-order valence-electron chi connectivity index (χ2n) is 12.9. The molecule has 4 aromatic carbocycles. The van der Waals surface area contributed by atoms with E-state index in [1.807, 2.05) is 67.6 Å². The minimum Gasteiger partial charge on any atom is -0.497 e. The Hall–Kier alpha value is -5.50. The van der Waals surface area contributed by atoms with Gasteiger partial charge in [-0.1, -0.05) is 67.6 Å². The van der Waals surface area contributed by atoms with Crippen LogP contribution in [-0.4, -0.2) is 37.8 Å². The number of methoxy groups -OCH3 is 2. The number of benzene rings is 4. The molecule has 4 aromatic rings. The first kappa shape index (κ1) is 29.9. The fourth-order valence-electron chi connectivity index (χ4n) is 9.27. The molecule has 0 radical (unpaired) electrons. The molecule has 3 fully saturated rings. The summed E-state index contributed by atoms with van der Waals surface area (Å²) in [4.78, 5) is 62.0. The first-order chi connectivity index (χ1) is 23.4. The average molecular weight is 639 g/mol. The van der Waals surface area contributed by atoms with E-state index in [4.69, 9.17) is 9.47 Å². The highest BCUT2D eigenvalue weighted by Crippen LogP contribution is 2.73. The van der Waals surface area contributed by atoms with E-state index >= 15 is 0 Å². The molecule has 5 aliphatic rings. The van der Waals surface area contributed by atoms with Crippen molar-refractivity contribution in [3.05, 3.63) is 120 Å². The quantitative estimate of drug-likeness (QED) is 0.222. The summed E-state index contributed by atoms with van der Waals surface area (Å²) >= 11 is 0. The summed E-state index contributed by atoms with van der Waals surface area (Å²) in [5, 5.41) is 0. The third kappa shape index (κ3) is 3.89. The molecule has 240 valence electrons. The summed E-state index contributed by atoms with van der Waals surface area (Å²) in [6.07, 6.45) is 0.369. The van der Waals surface area contributed by atoms with Crippen LogP contribution in [0.5, 0.6) is 11.5 Å². The van der Waals surface area contributed by atoms with Gasteiger partial charge in [0.05, 0.1) is 49.3 Å². The molecule has 2 aliphatic heterocycles. The van der Waals surface area contributed by atoms with Crippen molar-refractivity contribution in [3.63, 3.8) is 0 Å². The zero-order chi connectivity index (χ0) is 33.3. The van der Waals surface area contributed by atoms with Crippen molar-refractivity contribution in [3.8, 4) is 11.5 Å². The number of imide groups is 2. The maximum Gasteiger partial charge on any atom is 0.238 e. The minimum absolute atomic E-state index is 0.343. The van der Waals surface area contributed by atoms with Crippen molar-refractivity contribution >= 4 is 46.1 Å². The fraction of sp³-hybridized carbons (Fsp3) is 0.250. The van der Waals surface area contributed by atoms with Crippen molar-refractivity contribution in [2.75, 3.05) is 24.0 Å². The molecule has 2 unspecified atom stereocenters.